The molecule has 0 bridgehead atoms. The van der Waals surface area contributed by atoms with Crippen molar-refractivity contribution in [3.8, 4) is 5.88 Å². The molecule has 3 heterocycles. The molecule has 26 heavy (non-hydrogen) atoms. The van der Waals surface area contributed by atoms with Crippen LogP contribution in [-0.2, 0) is 23.1 Å². The van der Waals surface area contributed by atoms with E-state index in [9.17, 15) is 9.59 Å². The van der Waals surface area contributed by atoms with Crippen LogP contribution in [0.3, 0.4) is 0 Å². The lowest BCUT2D eigenvalue weighted by Gasteiger charge is -2.26. The number of rotatable bonds is 6. The standard InChI is InChI=1S/C17H21N5O4/c1-21-16(26-12-15(23)22-5-7-25-8-6-22)9-14(20-21)17(24)19-11-13-3-2-4-18-10-13/h2-4,9-10H,5-8,11-12H2,1H3,(H,19,24). The van der Waals surface area contributed by atoms with Crippen molar-refractivity contribution in [2.75, 3.05) is 32.9 Å². The van der Waals surface area contributed by atoms with Gasteiger partial charge in [0.1, 0.15) is 0 Å². The predicted octanol–water partition coefficient (Wildman–Crippen LogP) is -0.0173. The summed E-state index contributed by atoms with van der Waals surface area (Å²) in [5.74, 6) is -0.0750. The monoisotopic (exact) mass is 359 g/mol. The van der Waals surface area contributed by atoms with Crippen molar-refractivity contribution in [3.63, 3.8) is 0 Å². The summed E-state index contributed by atoms with van der Waals surface area (Å²) < 4.78 is 12.2. The molecule has 9 nitrogen and oxygen atoms in total. The van der Waals surface area contributed by atoms with Crippen LogP contribution >= 0.6 is 0 Å². The molecule has 1 saturated heterocycles. The number of nitrogens with one attached hydrogen (secondary N) is 1. The number of pyridine rings is 1. The van der Waals surface area contributed by atoms with E-state index in [1.54, 1.807) is 30.4 Å². The van der Waals surface area contributed by atoms with Crippen LogP contribution in [0.15, 0.2) is 30.6 Å². The smallest absolute Gasteiger partial charge is 0.272 e. The second-order valence-electron chi connectivity index (χ2n) is 5.82. The third-order valence-corrected chi connectivity index (χ3v) is 3.95. The van der Waals surface area contributed by atoms with Crippen LogP contribution in [0.1, 0.15) is 16.1 Å². The first-order chi connectivity index (χ1) is 12.6. The molecular formula is C17H21N5O4. The van der Waals surface area contributed by atoms with E-state index in [0.717, 1.165) is 5.56 Å². The summed E-state index contributed by atoms with van der Waals surface area (Å²) in [5.41, 5.74) is 1.12. The number of ether oxygens (including phenoxy) is 2. The second kappa shape index (κ2) is 8.43. The fourth-order valence-corrected chi connectivity index (χ4v) is 2.51. The number of amides is 2. The molecule has 1 fully saturated rings. The van der Waals surface area contributed by atoms with E-state index < -0.39 is 0 Å². The minimum Gasteiger partial charge on any atom is -0.468 e. The molecule has 1 aliphatic heterocycles. The summed E-state index contributed by atoms with van der Waals surface area (Å²) in [6, 6.07) is 5.20. The zero-order valence-corrected chi connectivity index (χ0v) is 14.6. The molecule has 9 heteroatoms. The number of carbonyl (C=O) groups is 2. The Kier molecular flexibility index (Phi) is 5.80. The number of carbonyl (C=O) groups excluding carboxylic acids is 2. The van der Waals surface area contributed by atoms with Gasteiger partial charge < -0.3 is 19.7 Å². The molecule has 0 atom stereocenters. The van der Waals surface area contributed by atoms with Crippen LogP contribution in [-0.4, -0.2) is 64.4 Å². The van der Waals surface area contributed by atoms with Crippen LogP contribution < -0.4 is 10.1 Å². The molecule has 0 radical (unpaired) electrons. The highest BCUT2D eigenvalue weighted by molar-refractivity contribution is 5.92. The van der Waals surface area contributed by atoms with Gasteiger partial charge in [0.25, 0.3) is 11.8 Å². The summed E-state index contributed by atoms with van der Waals surface area (Å²) in [6.07, 6.45) is 3.36. The number of aryl methyl sites for hydroxylation is 1. The Bertz CT molecular complexity index is 756. The first-order valence-corrected chi connectivity index (χ1v) is 8.33. The van der Waals surface area contributed by atoms with Crippen LogP contribution in [0.5, 0.6) is 5.88 Å². The van der Waals surface area contributed by atoms with Crippen molar-refractivity contribution in [1.82, 2.24) is 25.0 Å². The van der Waals surface area contributed by atoms with Gasteiger partial charge >= 0.3 is 0 Å². The number of hydrogen-bond acceptors (Lipinski definition) is 6. The minimum absolute atomic E-state index is 0.101. The van der Waals surface area contributed by atoms with E-state index in [4.69, 9.17) is 9.47 Å². The predicted molar refractivity (Wildman–Crippen MR) is 91.5 cm³/mol. The summed E-state index contributed by atoms with van der Waals surface area (Å²) in [5, 5.41) is 6.91. The maximum Gasteiger partial charge on any atom is 0.272 e. The Hall–Kier alpha value is -2.94. The van der Waals surface area contributed by atoms with Crippen molar-refractivity contribution >= 4 is 11.8 Å². The van der Waals surface area contributed by atoms with Crippen LogP contribution in [0, 0.1) is 0 Å². The van der Waals surface area contributed by atoms with Crippen LogP contribution in [0.25, 0.3) is 0 Å². The van der Waals surface area contributed by atoms with Crippen LogP contribution in [0.4, 0.5) is 0 Å². The Morgan fingerprint density at radius 1 is 1.35 bits per heavy atom. The third kappa shape index (κ3) is 4.57. The quantitative estimate of drug-likeness (QED) is 0.778. The molecule has 0 unspecified atom stereocenters. The fraction of sp³-hybridized carbons (Fsp3) is 0.412. The normalized spacial score (nSPS) is 14.1. The van der Waals surface area contributed by atoms with Gasteiger partial charge in [-0.15, -0.1) is 0 Å². The van der Waals surface area contributed by atoms with Gasteiger partial charge in [-0.25, -0.2) is 4.68 Å². The number of nitrogens with zero attached hydrogens (tertiary/aromatic N) is 4. The van der Waals surface area contributed by atoms with Crippen molar-refractivity contribution in [1.29, 1.82) is 0 Å². The zero-order chi connectivity index (χ0) is 18.4. The highest BCUT2D eigenvalue weighted by Crippen LogP contribution is 2.12. The highest BCUT2D eigenvalue weighted by Gasteiger charge is 2.19. The van der Waals surface area contributed by atoms with E-state index in [-0.39, 0.29) is 24.1 Å². The minimum atomic E-state index is -0.321. The lowest BCUT2D eigenvalue weighted by Crippen LogP contribution is -2.43. The average molecular weight is 359 g/mol. The largest absolute Gasteiger partial charge is 0.468 e. The molecule has 3 rings (SSSR count). The second-order valence-corrected chi connectivity index (χ2v) is 5.82. The van der Waals surface area contributed by atoms with Gasteiger partial charge in [0.2, 0.25) is 5.88 Å². The molecule has 1 aliphatic rings. The summed E-state index contributed by atoms with van der Waals surface area (Å²) in [4.78, 5) is 30.0. The zero-order valence-electron chi connectivity index (χ0n) is 14.6. The van der Waals surface area contributed by atoms with Gasteiger partial charge in [0.15, 0.2) is 12.3 Å². The molecule has 0 aromatic carbocycles. The lowest BCUT2D eigenvalue weighted by atomic mass is 10.3. The maximum absolute atomic E-state index is 12.2. The molecule has 1 N–H and O–H groups in total. The molecule has 2 aromatic heterocycles. The maximum atomic E-state index is 12.2. The number of aromatic nitrogens is 3. The average Bonchev–Trinajstić information content (AvgIpc) is 3.06. The summed E-state index contributed by atoms with van der Waals surface area (Å²) in [7, 11) is 1.66. The third-order valence-electron chi connectivity index (χ3n) is 3.95. The molecule has 0 aliphatic carbocycles. The van der Waals surface area contributed by atoms with Crippen molar-refractivity contribution in [2.45, 2.75) is 6.54 Å². The van der Waals surface area contributed by atoms with Gasteiger partial charge in [-0.05, 0) is 11.6 Å². The number of hydrogen-bond donors (Lipinski definition) is 1. The first-order valence-electron chi connectivity index (χ1n) is 8.33. The van der Waals surface area contributed by atoms with Gasteiger partial charge in [-0.2, -0.15) is 5.10 Å². The molecule has 138 valence electrons. The summed E-state index contributed by atoms with van der Waals surface area (Å²) in [6.45, 7) is 2.47. The van der Waals surface area contributed by atoms with Crippen LogP contribution in [0.2, 0.25) is 0 Å². The Morgan fingerprint density at radius 3 is 2.88 bits per heavy atom. The Morgan fingerprint density at radius 2 is 2.15 bits per heavy atom. The van der Waals surface area contributed by atoms with E-state index in [1.807, 2.05) is 6.07 Å². The van der Waals surface area contributed by atoms with E-state index in [0.29, 0.717) is 38.7 Å². The lowest BCUT2D eigenvalue weighted by molar-refractivity contribution is -0.137. The van der Waals surface area contributed by atoms with Gasteiger partial charge in [0, 0.05) is 45.1 Å². The molecule has 2 amide bonds. The molecule has 0 saturated carbocycles. The molecule has 2 aromatic rings. The SMILES string of the molecule is Cn1nc(C(=O)NCc2cccnc2)cc1OCC(=O)N1CCOCC1. The van der Waals surface area contributed by atoms with Crippen molar-refractivity contribution < 1.29 is 19.1 Å². The highest BCUT2D eigenvalue weighted by atomic mass is 16.5. The van der Waals surface area contributed by atoms with Gasteiger partial charge in [0.05, 0.1) is 13.2 Å². The van der Waals surface area contributed by atoms with E-state index in [1.165, 1.54) is 10.7 Å². The fourth-order valence-electron chi connectivity index (χ4n) is 2.51. The van der Waals surface area contributed by atoms with Crippen molar-refractivity contribution in [3.05, 3.63) is 41.9 Å². The van der Waals surface area contributed by atoms with Gasteiger partial charge in [-0.1, -0.05) is 6.07 Å². The van der Waals surface area contributed by atoms with Crippen molar-refractivity contribution in [2.24, 2.45) is 7.05 Å². The van der Waals surface area contributed by atoms with E-state index in [2.05, 4.69) is 15.4 Å². The van der Waals surface area contributed by atoms with Gasteiger partial charge in [-0.3, -0.25) is 14.6 Å². The Labute approximate surface area is 150 Å². The number of morpholine rings is 1. The first kappa shape index (κ1) is 17.9. The molecular weight excluding hydrogens is 338 g/mol. The molecule has 0 spiro atoms. The Balaban J connectivity index is 1.52. The van der Waals surface area contributed by atoms with E-state index >= 15 is 0 Å². The summed E-state index contributed by atoms with van der Waals surface area (Å²) >= 11 is 0. The topological polar surface area (TPSA) is 98.6 Å².